The van der Waals surface area contributed by atoms with Crippen molar-refractivity contribution in [1.29, 1.82) is 0 Å². The Kier molecular flexibility index (Phi) is 9.83. The number of amides is 3. The highest BCUT2D eigenvalue weighted by molar-refractivity contribution is 5.93. The van der Waals surface area contributed by atoms with Gasteiger partial charge in [-0.05, 0) is 24.5 Å². The first-order valence-corrected chi connectivity index (χ1v) is 10.6. The van der Waals surface area contributed by atoms with Crippen LogP contribution < -0.4 is 33.2 Å². The van der Waals surface area contributed by atoms with E-state index in [9.17, 15) is 24.3 Å². The van der Waals surface area contributed by atoms with Gasteiger partial charge in [0.1, 0.15) is 12.1 Å². The minimum absolute atomic E-state index is 0.0815. The topological polar surface area (TPSA) is 231 Å². The number of fused-ring (bicyclic) bond motifs is 1. The number of H-pyrrole nitrogens is 1. The van der Waals surface area contributed by atoms with Crippen LogP contribution in [0.3, 0.4) is 0 Å². The highest BCUT2D eigenvalue weighted by atomic mass is 16.4. The molecule has 2 atom stereocenters. The lowest BCUT2D eigenvalue weighted by Gasteiger charge is -2.21. The van der Waals surface area contributed by atoms with Crippen LogP contribution in [0.4, 0.5) is 0 Å². The summed E-state index contributed by atoms with van der Waals surface area (Å²) in [6.45, 7) is -0.459. The number of aliphatic carboxylic acids is 1. The Morgan fingerprint density at radius 1 is 1.06 bits per heavy atom. The summed E-state index contributed by atoms with van der Waals surface area (Å²) in [5, 5.41) is 17.7. The van der Waals surface area contributed by atoms with E-state index in [4.69, 9.17) is 17.2 Å². The lowest BCUT2D eigenvalue weighted by molar-refractivity contribution is -0.142. The number of nitrogens with zero attached hydrogens (tertiary/aromatic N) is 1. The van der Waals surface area contributed by atoms with Crippen LogP contribution in [0.2, 0.25) is 0 Å². The largest absolute Gasteiger partial charge is 0.480 e. The van der Waals surface area contributed by atoms with E-state index in [0.29, 0.717) is 6.42 Å². The maximum Gasteiger partial charge on any atom is 0.326 e. The molecule has 0 saturated carbocycles. The van der Waals surface area contributed by atoms with Crippen molar-refractivity contribution in [2.45, 2.75) is 31.3 Å². The van der Waals surface area contributed by atoms with Gasteiger partial charge >= 0.3 is 5.97 Å². The normalized spacial score (nSPS) is 12.4. The van der Waals surface area contributed by atoms with Crippen molar-refractivity contribution in [3.8, 4) is 0 Å². The molecular formula is C21H30N8O5. The van der Waals surface area contributed by atoms with Crippen molar-refractivity contribution in [2.75, 3.05) is 19.6 Å². The number of aromatic nitrogens is 1. The molecule has 3 amide bonds. The van der Waals surface area contributed by atoms with Crippen LogP contribution in [0, 0.1) is 0 Å². The molecule has 0 fully saturated rings. The molecule has 1 heterocycles. The molecule has 2 unspecified atom stereocenters. The number of hydrogen-bond donors (Lipinski definition) is 8. The Hall–Kier alpha value is -4.13. The van der Waals surface area contributed by atoms with E-state index in [0.717, 1.165) is 16.5 Å². The van der Waals surface area contributed by atoms with E-state index >= 15 is 0 Å². The standard InChI is InChI=1S/C21H30N8O5/c22-9-17(30)27-11-18(31)28-16(8-12-10-26-14-5-2-1-4-13(12)14)19(32)29-15(20(33)34)6-3-7-25-21(23)24/h1-2,4-5,10,15-16,26H,3,6-9,11,22H2,(H,27,30)(H,28,31)(H,29,32)(H,33,34)(H4,23,24,25). The van der Waals surface area contributed by atoms with Gasteiger partial charge in [-0.1, -0.05) is 18.2 Å². The first-order chi connectivity index (χ1) is 16.2. The average molecular weight is 475 g/mol. The first-order valence-electron chi connectivity index (χ1n) is 10.6. The Balaban J connectivity index is 2.14. The van der Waals surface area contributed by atoms with E-state index < -0.39 is 35.8 Å². The monoisotopic (exact) mass is 474 g/mol. The number of hydrogen-bond acceptors (Lipinski definition) is 6. The van der Waals surface area contributed by atoms with Gasteiger partial charge in [-0.2, -0.15) is 0 Å². The molecule has 13 heteroatoms. The Morgan fingerprint density at radius 2 is 1.79 bits per heavy atom. The number of para-hydroxylation sites is 1. The molecule has 0 saturated heterocycles. The molecule has 11 N–H and O–H groups in total. The highest BCUT2D eigenvalue weighted by Gasteiger charge is 2.27. The second-order valence-corrected chi connectivity index (χ2v) is 7.51. The Labute approximate surface area is 195 Å². The van der Waals surface area contributed by atoms with Crippen LogP contribution in [0.1, 0.15) is 18.4 Å². The molecule has 0 aliphatic heterocycles. The minimum Gasteiger partial charge on any atom is -0.480 e. The van der Waals surface area contributed by atoms with Crippen LogP contribution in [-0.2, 0) is 25.6 Å². The molecule has 2 rings (SSSR count). The van der Waals surface area contributed by atoms with Crippen LogP contribution in [0.5, 0.6) is 0 Å². The van der Waals surface area contributed by atoms with Gasteiger partial charge < -0.3 is 43.2 Å². The molecule has 1 aromatic heterocycles. The number of aliphatic imine (C=N–C) groups is 1. The zero-order chi connectivity index (χ0) is 25.1. The number of benzene rings is 1. The molecule has 34 heavy (non-hydrogen) atoms. The second kappa shape index (κ2) is 12.8. The van der Waals surface area contributed by atoms with E-state index in [-0.39, 0.29) is 38.4 Å². The number of guanidine groups is 1. The van der Waals surface area contributed by atoms with Crippen molar-refractivity contribution in [2.24, 2.45) is 22.2 Å². The Bertz CT molecular complexity index is 1050. The molecule has 13 nitrogen and oxygen atoms in total. The lowest BCUT2D eigenvalue weighted by atomic mass is 10.0. The van der Waals surface area contributed by atoms with E-state index in [1.165, 1.54) is 0 Å². The van der Waals surface area contributed by atoms with Crippen LogP contribution in [0.15, 0.2) is 35.5 Å². The fourth-order valence-electron chi connectivity index (χ4n) is 3.26. The van der Waals surface area contributed by atoms with Gasteiger partial charge in [-0.3, -0.25) is 19.4 Å². The summed E-state index contributed by atoms with van der Waals surface area (Å²) >= 11 is 0. The molecule has 0 aliphatic rings. The van der Waals surface area contributed by atoms with Crippen LogP contribution in [0.25, 0.3) is 10.9 Å². The summed E-state index contributed by atoms with van der Waals surface area (Å²) < 4.78 is 0. The smallest absolute Gasteiger partial charge is 0.326 e. The average Bonchev–Trinajstić information content (AvgIpc) is 3.21. The summed E-state index contributed by atoms with van der Waals surface area (Å²) in [6, 6.07) is 5.12. The number of nitrogens with two attached hydrogens (primary N) is 3. The van der Waals surface area contributed by atoms with E-state index in [1.807, 2.05) is 24.3 Å². The number of rotatable bonds is 13. The highest BCUT2D eigenvalue weighted by Crippen LogP contribution is 2.19. The number of carbonyl (C=O) groups excluding carboxylic acids is 3. The third-order valence-corrected chi connectivity index (χ3v) is 4.94. The quantitative estimate of drug-likeness (QED) is 0.0907. The number of aromatic amines is 1. The second-order valence-electron chi connectivity index (χ2n) is 7.51. The molecule has 0 bridgehead atoms. The fraction of sp³-hybridized carbons (Fsp3) is 0.381. The molecule has 2 aromatic rings. The number of nitrogens with one attached hydrogen (secondary N) is 4. The number of carbonyl (C=O) groups is 4. The number of carboxylic acids is 1. The maximum atomic E-state index is 13.0. The van der Waals surface area contributed by atoms with Crippen molar-refractivity contribution in [1.82, 2.24) is 20.9 Å². The lowest BCUT2D eigenvalue weighted by Crippen LogP contribution is -2.54. The zero-order valence-electron chi connectivity index (χ0n) is 18.5. The Morgan fingerprint density at radius 3 is 2.47 bits per heavy atom. The van der Waals surface area contributed by atoms with Gasteiger partial charge in [0, 0.05) is 30.1 Å². The van der Waals surface area contributed by atoms with Gasteiger partial charge in [0.15, 0.2) is 5.96 Å². The zero-order valence-corrected chi connectivity index (χ0v) is 18.5. The van der Waals surface area contributed by atoms with E-state index in [1.54, 1.807) is 6.20 Å². The van der Waals surface area contributed by atoms with Gasteiger partial charge in [0.25, 0.3) is 0 Å². The first kappa shape index (κ1) is 26.1. The van der Waals surface area contributed by atoms with Gasteiger partial charge in [0.2, 0.25) is 17.7 Å². The fourth-order valence-corrected chi connectivity index (χ4v) is 3.26. The predicted molar refractivity (Wildman–Crippen MR) is 125 cm³/mol. The maximum absolute atomic E-state index is 13.0. The number of carboxylic acid groups (broad SMARTS) is 1. The third-order valence-electron chi connectivity index (χ3n) is 4.94. The molecule has 0 aliphatic carbocycles. The molecule has 0 spiro atoms. The summed E-state index contributed by atoms with van der Waals surface area (Å²) in [5.74, 6) is -3.18. The van der Waals surface area contributed by atoms with Crippen molar-refractivity contribution >= 4 is 40.6 Å². The summed E-state index contributed by atoms with van der Waals surface area (Å²) in [5.41, 5.74) is 17.3. The van der Waals surface area contributed by atoms with Gasteiger partial charge in [-0.15, -0.1) is 0 Å². The molecule has 184 valence electrons. The van der Waals surface area contributed by atoms with Crippen LogP contribution in [-0.4, -0.2) is 71.5 Å². The van der Waals surface area contributed by atoms with Crippen molar-refractivity contribution in [3.63, 3.8) is 0 Å². The predicted octanol–water partition coefficient (Wildman–Crippen LogP) is -2.11. The third kappa shape index (κ3) is 8.09. The SMILES string of the molecule is NCC(=O)NCC(=O)NC(Cc1c[nH]c2ccccc12)C(=O)NC(CCCN=C(N)N)C(=O)O. The summed E-state index contributed by atoms with van der Waals surface area (Å²) in [7, 11) is 0. The van der Waals surface area contributed by atoms with Gasteiger partial charge in [0.05, 0.1) is 13.1 Å². The molecular weight excluding hydrogens is 444 g/mol. The van der Waals surface area contributed by atoms with Crippen molar-refractivity contribution in [3.05, 3.63) is 36.0 Å². The molecule has 1 aromatic carbocycles. The molecule has 0 radical (unpaired) electrons. The van der Waals surface area contributed by atoms with Crippen molar-refractivity contribution < 1.29 is 24.3 Å². The summed E-state index contributed by atoms with van der Waals surface area (Å²) in [6.07, 6.45) is 2.21. The minimum atomic E-state index is -1.23. The summed E-state index contributed by atoms with van der Waals surface area (Å²) in [4.78, 5) is 55.3. The van der Waals surface area contributed by atoms with Gasteiger partial charge in [-0.25, -0.2) is 4.79 Å². The van der Waals surface area contributed by atoms with E-state index in [2.05, 4.69) is 25.9 Å². The van der Waals surface area contributed by atoms with Crippen LogP contribution >= 0.6 is 0 Å².